The van der Waals surface area contributed by atoms with Crippen molar-refractivity contribution >= 4 is 5.97 Å². The van der Waals surface area contributed by atoms with Crippen molar-refractivity contribution < 1.29 is 19.4 Å². The number of carboxylic acid groups (broad SMARTS) is 1. The Morgan fingerprint density at radius 2 is 1.24 bits per heavy atom. The molecule has 0 aliphatic carbocycles. The number of benzene rings is 3. The molecule has 0 aromatic heterocycles. The normalized spacial score (nSPS) is 10.2. The van der Waals surface area contributed by atoms with Crippen LogP contribution in [-0.2, 0) is 13.2 Å². The van der Waals surface area contributed by atoms with E-state index in [1.54, 1.807) is 6.07 Å². The van der Waals surface area contributed by atoms with E-state index in [1.165, 1.54) is 12.1 Å². The van der Waals surface area contributed by atoms with Crippen LogP contribution in [0.4, 0.5) is 0 Å². The number of ether oxygens (including phenoxy) is 2. The van der Waals surface area contributed by atoms with Gasteiger partial charge in [-0.3, -0.25) is 0 Å². The van der Waals surface area contributed by atoms with E-state index in [0.29, 0.717) is 24.7 Å². The largest absolute Gasteiger partial charge is 0.485 e. The third-order valence-electron chi connectivity index (χ3n) is 3.66. The summed E-state index contributed by atoms with van der Waals surface area (Å²) < 4.78 is 11.6. The van der Waals surface area contributed by atoms with E-state index in [0.717, 1.165) is 11.1 Å². The quantitative estimate of drug-likeness (QED) is 0.689. The highest BCUT2D eigenvalue weighted by Crippen LogP contribution is 2.30. The Morgan fingerprint density at radius 3 is 1.76 bits per heavy atom. The third-order valence-corrected chi connectivity index (χ3v) is 3.66. The van der Waals surface area contributed by atoms with Gasteiger partial charge < -0.3 is 14.6 Å². The highest BCUT2D eigenvalue weighted by Gasteiger charge is 2.11. The van der Waals surface area contributed by atoms with Gasteiger partial charge in [0.05, 0.1) is 5.56 Å². The Kier molecular flexibility index (Phi) is 5.32. The molecule has 0 saturated heterocycles. The Hall–Kier alpha value is -3.27. The average molecular weight is 334 g/mol. The lowest BCUT2D eigenvalue weighted by molar-refractivity contribution is 0.0696. The first-order valence-electron chi connectivity index (χ1n) is 7.93. The molecule has 0 atom stereocenters. The average Bonchev–Trinajstić information content (AvgIpc) is 2.66. The monoisotopic (exact) mass is 334 g/mol. The van der Waals surface area contributed by atoms with Crippen LogP contribution in [0.2, 0.25) is 0 Å². The van der Waals surface area contributed by atoms with Crippen LogP contribution in [0.1, 0.15) is 21.5 Å². The van der Waals surface area contributed by atoms with Gasteiger partial charge in [0.1, 0.15) is 13.2 Å². The molecular weight excluding hydrogens is 316 g/mol. The summed E-state index contributed by atoms with van der Waals surface area (Å²) in [5.41, 5.74) is 2.19. The van der Waals surface area contributed by atoms with Gasteiger partial charge in [-0.15, -0.1) is 0 Å². The molecule has 0 heterocycles. The van der Waals surface area contributed by atoms with Crippen LogP contribution < -0.4 is 9.47 Å². The predicted molar refractivity (Wildman–Crippen MR) is 94.9 cm³/mol. The number of hydrogen-bond acceptors (Lipinski definition) is 3. The molecule has 0 saturated carbocycles. The first-order chi connectivity index (χ1) is 12.2. The second kappa shape index (κ2) is 8.02. The summed E-state index contributed by atoms with van der Waals surface area (Å²) >= 11 is 0. The number of hydrogen-bond donors (Lipinski definition) is 1. The van der Waals surface area contributed by atoms with Gasteiger partial charge in [0, 0.05) is 0 Å². The van der Waals surface area contributed by atoms with Crippen LogP contribution in [0.25, 0.3) is 0 Å². The Bertz CT molecular complexity index is 829. The molecule has 4 heteroatoms. The maximum atomic E-state index is 11.2. The predicted octanol–water partition coefficient (Wildman–Crippen LogP) is 4.54. The second-order valence-corrected chi connectivity index (χ2v) is 5.52. The molecule has 4 nitrogen and oxygen atoms in total. The Balaban J connectivity index is 1.77. The van der Waals surface area contributed by atoms with E-state index < -0.39 is 5.97 Å². The molecule has 3 aromatic carbocycles. The van der Waals surface area contributed by atoms with Crippen LogP contribution in [0.15, 0.2) is 78.9 Å². The van der Waals surface area contributed by atoms with Crippen molar-refractivity contribution in [1.82, 2.24) is 0 Å². The molecule has 126 valence electrons. The summed E-state index contributed by atoms with van der Waals surface area (Å²) in [6.45, 7) is 0.723. The minimum absolute atomic E-state index is 0.162. The lowest BCUT2D eigenvalue weighted by Gasteiger charge is -2.14. The number of carboxylic acids is 1. The first kappa shape index (κ1) is 16.6. The fourth-order valence-electron chi connectivity index (χ4n) is 2.34. The fraction of sp³-hybridized carbons (Fsp3) is 0.0952. The van der Waals surface area contributed by atoms with Crippen LogP contribution in [0.3, 0.4) is 0 Å². The second-order valence-electron chi connectivity index (χ2n) is 5.52. The van der Waals surface area contributed by atoms with Crippen LogP contribution in [-0.4, -0.2) is 11.1 Å². The number of rotatable bonds is 7. The topological polar surface area (TPSA) is 55.8 Å². The number of carbonyl (C=O) groups is 1. The van der Waals surface area contributed by atoms with Gasteiger partial charge in [-0.2, -0.15) is 0 Å². The van der Waals surface area contributed by atoms with Crippen molar-refractivity contribution in [2.45, 2.75) is 13.2 Å². The first-order valence-corrected chi connectivity index (χ1v) is 7.93. The van der Waals surface area contributed by atoms with Crippen molar-refractivity contribution in [2.24, 2.45) is 0 Å². The fourth-order valence-corrected chi connectivity index (χ4v) is 2.34. The van der Waals surface area contributed by atoms with E-state index in [9.17, 15) is 9.90 Å². The van der Waals surface area contributed by atoms with Gasteiger partial charge in [-0.25, -0.2) is 4.79 Å². The van der Waals surface area contributed by atoms with Crippen LogP contribution in [0, 0.1) is 0 Å². The molecule has 0 amide bonds. The zero-order valence-electron chi connectivity index (χ0n) is 13.6. The van der Waals surface area contributed by atoms with Crippen molar-refractivity contribution in [3.8, 4) is 11.5 Å². The summed E-state index contributed by atoms with van der Waals surface area (Å²) in [5.74, 6) is -0.0661. The highest BCUT2D eigenvalue weighted by molar-refractivity contribution is 5.88. The SMILES string of the molecule is O=C(O)c1ccc(OCc2ccccc2)c(OCc2ccccc2)c1. The molecule has 0 bridgehead atoms. The van der Waals surface area contributed by atoms with Crippen LogP contribution >= 0.6 is 0 Å². The van der Waals surface area contributed by atoms with Gasteiger partial charge >= 0.3 is 5.97 Å². The molecule has 3 rings (SSSR count). The zero-order chi connectivity index (χ0) is 17.5. The molecule has 0 spiro atoms. The highest BCUT2D eigenvalue weighted by atomic mass is 16.5. The van der Waals surface area contributed by atoms with Gasteiger partial charge in [-0.1, -0.05) is 60.7 Å². The van der Waals surface area contributed by atoms with Crippen molar-refractivity contribution in [2.75, 3.05) is 0 Å². The smallest absolute Gasteiger partial charge is 0.335 e. The van der Waals surface area contributed by atoms with Gasteiger partial charge in [0.15, 0.2) is 11.5 Å². The lowest BCUT2D eigenvalue weighted by Crippen LogP contribution is -2.03. The molecule has 25 heavy (non-hydrogen) atoms. The van der Waals surface area contributed by atoms with Gasteiger partial charge in [-0.05, 0) is 29.3 Å². The molecule has 0 fully saturated rings. The minimum Gasteiger partial charge on any atom is -0.485 e. The number of aromatic carboxylic acids is 1. The van der Waals surface area contributed by atoms with Crippen molar-refractivity contribution in [3.63, 3.8) is 0 Å². The van der Waals surface area contributed by atoms with E-state index >= 15 is 0 Å². The zero-order valence-corrected chi connectivity index (χ0v) is 13.6. The summed E-state index contributed by atoms with van der Waals surface area (Å²) in [6.07, 6.45) is 0. The maximum absolute atomic E-state index is 11.2. The lowest BCUT2D eigenvalue weighted by atomic mass is 10.2. The summed E-state index contributed by atoms with van der Waals surface area (Å²) in [5, 5.41) is 9.20. The van der Waals surface area contributed by atoms with Crippen molar-refractivity contribution in [3.05, 3.63) is 95.6 Å². The van der Waals surface area contributed by atoms with Gasteiger partial charge in [0.2, 0.25) is 0 Å². The standard InChI is InChI=1S/C21H18O4/c22-21(23)18-11-12-19(24-14-16-7-3-1-4-8-16)20(13-18)25-15-17-9-5-2-6-10-17/h1-13H,14-15H2,(H,22,23). The molecule has 0 radical (unpaired) electrons. The summed E-state index contributed by atoms with van der Waals surface area (Å²) in [4.78, 5) is 11.2. The molecule has 0 unspecified atom stereocenters. The summed E-state index contributed by atoms with van der Waals surface area (Å²) in [7, 11) is 0. The molecule has 0 aliphatic heterocycles. The Morgan fingerprint density at radius 1 is 0.720 bits per heavy atom. The Labute approximate surface area is 146 Å². The van der Waals surface area contributed by atoms with E-state index in [1.807, 2.05) is 60.7 Å². The van der Waals surface area contributed by atoms with Crippen molar-refractivity contribution in [1.29, 1.82) is 0 Å². The third kappa shape index (κ3) is 4.61. The maximum Gasteiger partial charge on any atom is 0.335 e. The minimum atomic E-state index is -1.00. The summed E-state index contributed by atoms with van der Waals surface area (Å²) in [6, 6.07) is 24.1. The van der Waals surface area contributed by atoms with Gasteiger partial charge in [0.25, 0.3) is 0 Å². The van der Waals surface area contributed by atoms with E-state index in [-0.39, 0.29) is 5.56 Å². The molecule has 3 aromatic rings. The van der Waals surface area contributed by atoms with Crippen LogP contribution in [0.5, 0.6) is 11.5 Å². The van der Waals surface area contributed by atoms with E-state index in [2.05, 4.69) is 0 Å². The molecule has 1 N–H and O–H groups in total. The molecule has 0 aliphatic rings. The molecular formula is C21H18O4. The van der Waals surface area contributed by atoms with E-state index in [4.69, 9.17) is 9.47 Å².